The highest BCUT2D eigenvalue weighted by Crippen LogP contribution is 2.25. The summed E-state index contributed by atoms with van der Waals surface area (Å²) >= 11 is 0. The first kappa shape index (κ1) is 19.8. The number of carbonyl (C=O) groups is 1. The summed E-state index contributed by atoms with van der Waals surface area (Å²) in [5.41, 5.74) is 0.838. The number of ether oxygens (including phenoxy) is 2. The lowest BCUT2D eigenvalue weighted by molar-refractivity contribution is -0.123. The second-order valence-corrected chi connectivity index (χ2v) is 7.82. The third-order valence-corrected chi connectivity index (χ3v) is 5.01. The monoisotopic (exact) mass is 377 g/mol. The van der Waals surface area contributed by atoms with E-state index in [1.54, 1.807) is 42.5 Å². The van der Waals surface area contributed by atoms with E-state index in [9.17, 15) is 13.2 Å². The molecule has 0 saturated heterocycles. The van der Waals surface area contributed by atoms with E-state index < -0.39 is 9.84 Å². The average molecular weight is 377 g/mol. The maximum absolute atomic E-state index is 12.2. The molecular weight excluding hydrogens is 354 g/mol. The molecule has 7 heteroatoms. The maximum atomic E-state index is 12.2. The molecule has 1 N–H and O–H groups in total. The highest BCUT2D eigenvalue weighted by Gasteiger charge is 2.15. The van der Waals surface area contributed by atoms with Crippen molar-refractivity contribution < 1.29 is 22.7 Å². The minimum Gasteiger partial charge on any atom is -0.493 e. The van der Waals surface area contributed by atoms with E-state index in [0.29, 0.717) is 17.9 Å². The van der Waals surface area contributed by atoms with Crippen molar-refractivity contribution in [3.05, 3.63) is 54.1 Å². The molecule has 2 aromatic rings. The van der Waals surface area contributed by atoms with Crippen LogP contribution in [0.3, 0.4) is 0 Å². The lowest BCUT2D eigenvalue weighted by atomic mass is 10.0. The molecule has 1 amide bonds. The summed E-state index contributed by atoms with van der Waals surface area (Å²) in [4.78, 5) is 12.5. The molecule has 0 fully saturated rings. The predicted octanol–water partition coefficient (Wildman–Crippen LogP) is 2.75. The highest BCUT2D eigenvalue weighted by molar-refractivity contribution is 7.90. The number of nitrogens with one attached hydrogen (secondary N) is 1. The van der Waals surface area contributed by atoms with Gasteiger partial charge in [-0.05, 0) is 36.2 Å². The Bertz CT molecular complexity index is 846. The molecular formula is C19H23NO5S. The molecule has 0 aliphatic heterocycles. The second-order valence-electron chi connectivity index (χ2n) is 5.81. The minimum atomic E-state index is -3.24. The van der Waals surface area contributed by atoms with Gasteiger partial charge in [0.25, 0.3) is 5.91 Å². The van der Waals surface area contributed by atoms with Crippen LogP contribution in [-0.2, 0) is 14.6 Å². The Balaban J connectivity index is 1.99. The predicted molar refractivity (Wildman–Crippen MR) is 99.2 cm³/mol. The van der Waals surface area contributed by atoms with Crippen molar-refractivity contribution in [1.29, 1.82) is 0 Å². The average Bonchev–Trinajstić information content (AvgIpc) is 2.64. The van der Waals surface area contributed by atoms with E-state index >= 15 is 0 Å². The van der Waals surface area contributed by atoms with Crippen LogP contribution in [0.15, 0.2) is 53.4 Å². The number of sulfone groups is 1. The van der Waals surface area contributed by atoms with E-state index in [1.807, 2.05) is 13.0 Å². The Morgan fingerprint density at radius 3 is 2.23 bits per heavy atom. The summed E-state index contributed by atoms with van der Waals surface area (Å²) in [5, 5.41) is 2.89. The van der Waals surface area contributed by atoms with E-state index in [-0.39, 0.29) is 23.5 Å². The van der Waals surface area contributed by atoms with Gasteiger partial charge in [0.05, 0.1) is 18.0 Å². The van der Waals surface area contributed by atoms with Crippen molar-refractivity contribution in [3.63, 3.8) is 0 Å². The molecule has 0 aliphatic carbocycles. The number of carbonyl (C=O) groups excluding carboxylic acids is 1. The third kappa shape index (κ3) is 5.23. The first-order valence-electron chi connectivity index (χ1n) is 8.20. The Hall–Kier alpha value is -2.54. The van der Waals surface area contributed by atoms with Crippen molar-refractivity contribution in [2.24, 2.45) is 0 Å². The van der Waals surface area contributed by atoms with Crippen LogP contribution in [0.5, 0.6) is 11.5 Å². The van der Waals surface area contributed by atoms with Crippen molar-refractivity contribution >= 4 is 15.7 Å². The molecule has 0 spiro atoms. The Morgan fingerprint density at radius 1 is 1.08 bits per heavy atom. The summed E-state index contributed by atoms with van der Waals surface area (Å²) in [7, 11) is -1.70. The number of methoxy groups -OCH3 is 1. The molecule has 0 aliphatic rings. The zero-order valence-corrected chi connectivity index (χ0v) is 15.9. The zero-order valence-electron chi connectivity index (χ0n) is 15.1. The van der Waals surface area contributed by atoms with Gasteiger partial charge in [0.2, 0.25) is 0 Å². The van der Waals surface area contributed by atoms with Crippen molar-refractivity contribution in [3.8, 4) is 11.5 Å². The van der Waals surface area contributed by atoms with Gasteiger partial charge >= 0.3 is 0 Å². The van der Waals surface area contributed by atoms with Crippen LogP contribution in [0.2, 0.25) is 0 Å². The van der Waals surface area contributed by atoms with Gasteiger partial charge in [-0.1, -0.05) is 31.2 Å². The van der Waals surface area contributed by atoms with Gasteiger partial charge in [0, 0.05) is 6.26 Å². The lowest BCUT2D eigenvalue weighted by Crippen LogP contribution is -2.32. The van der Waals surface area contributed by atoms with Crippen LogP contribution >= 0.6 is 0 Å². The molecule has 1 atom stereocenters. The van der Waals surface area contributed by atoms with Crippen LogP contribution in [0, 0.1) is 0 Å². The molecule has 2 rings (SSSR count). The van der Waals surface area contributed by atoms with Crippen LogP contribution in [0.4, 0.5) is 0 Å². The highest BCUT2D eigenvalue weighted by atomic mass is 32.2. The van der Waals surface area contributed by atoms with E-state index in [0.717, 1.165) is 11.8 Å². The molecule has 140 valence electrons. The van der Waals surface area contributed by atoms with Crippen molar-refractivity contribution in [2.75, 3.05) is 20.0 Å². The normalized spacial score (nSPS) is 12.3. The van der Waals surface area contributed by atoms with Gasteiger partial charge in [-0.3, -0.25) is 4.79 Å². The molecule has 26 heavy (non-hydrogen) atoms. The number of benzene rings is 2. The Morgan fingerprint density at radius 2 is 1.69 bits per heavy atom. The summed E-state index contributed by atoms with van der Waals surface area (Å²) < 4.78 is 33.8. The van der Waals surface area contributed by atoms with Gasteiger partial charge in [0.15, 0.2) is 27.9 Å². The number of rotatable bonds is 8. The van der Waals surface area contributed by atoms with Gasteiger partial charge in [-0.15, -0.1) is 0 Å². The van der Waals surface area contributed by atoms with Gasteiger partial charge in [0.1, 0.15) is 0 Å². The summed E-state index contributed by atoms with van der Waals surface area (Å²) in [6.07, 6.45) is 1.83. The van der Waals surface area contributed by atoms with E-state index in [4.69, 9.17) is 9.47 Å². The summed E-state index contributed by atoms with van der Waals surface area (Å²) in [6.45, 7) is 1.80. The molecule has 0 radical (unpaired) electrons. The third-order valence-electron chi connectivity index (χ3n) is 3.88. The van der Waals surface area contributed by atoms with Crippen LogP contribution in [0.1, 0.15) is 24.9 Å². The molecule has 0 saturated carbocycles. The van der Waals surface area contributed by atoms with Crippen molar-refractivity contribution in [1.82, 2.24) is 5.32 Å². The minimum absolute atomic E-state index is 0.141. The Kier molecular flexibility index (Phi) is 6.63. The molecule has 0 aromatic heterocycles. The van der Waals surface area contributed by atoms with Gasteiger partial charge < -0.3 is 14.8 Å². The van der Waals surface area contributed by atoms with Crippen molar-refractivity contribution in [2.45, 2.75) is 24.3 Å². The number of para-hydroxylation sites is 2. The molecule has 0 heterocycles. The molecule has 0 unspecified atom stereocenters. The van der Waals surface area contributed by atoms with Crippen LogP contribution in [-0.4, -0.2) is 34.3 Å². The van der Waals surface area contributed by atoms with E-state index in [1.165, 1.54) is 7.11 Å². The first-order valence-corrected chi connectivity index (χ1v) is 10.1. The van der Waals surface area contributed by atoms with Gasteiger partial charge in [-0.25, -0.2) is 8.42 Å². The standard InChI is InChI=1S/C19H23NO5S/c1-4-16(14-9-11-15(12-10-14)26(3,22)23)20-19(21)13-25-18-8-6-5-7-17(18)24-2/h5-12,16H,4,13H2,1-3H3,(H,20,21)/t16-/m1/s1. The topological polar surface area (TPSA) is 81.7 Å². The molecule has 2 aromatic carbocycles. The number of amides is 1. The number of hydrogen-bond acceptors (Lipinski definition) is 5. The lowest BCUT2D eigenvalue weighted by Gasteiger charge is -2.18. The van der Waals surface area contributed by atoms with Gasteiger partial charge in [-0.2, -0.15) is 0 Å². The zero-order chi connectivity index (χ0) is 19.2. The fourth-order valence-corrected chi connectivity index (χ4v) is 3.12. The second kappa shape index (κ2) is 8.71. The Labute approximate surface area is 154 Å². The quantitative estimate of drug-likeness (QED) is 0.765. The van der Waals surface area contributed by atoms with E-state index in [2.05, 4.69) is 5.32 Å². The summed E-state index contributed by atoms with van der Waals surface area (Å²) in [6, 6.07) is 13.4. The first-order chi connectivity index (χ1) is 12.3. The summed E-state index contributed by atoms with van der Waals surface area (Å²) in [5.74, 6) is 0.786. The fraction of sp³-hybridized carbons (Fsp3) is 0.316. The SMILES string of the molecule is CC[C@@H](NC(=O)COc1ccccc1OC)c1ccc(S(C)(=O)=O)cc1. The molecule has 0 bridgehead atoms. The van der Waals surface area contributed by atoms with Crippen LogP contribution < -0.4 is 14.8 Å². The smallest absolute Gasteiger partial charge is 0.258 e. The fourth-order valence-electron chi connectivity index (χ4n) is 2.49. The largest absolute Gasteiger partial charge is 0.493 e. The maximum Gasteiger partial charge on any atom is 0.258 e. The number of hydrogen-bond donors (Lipinski definition) is 1. The molecule has 6 nitrogen and oxygen atoms in total. The van der Waals surface area contributed by atoms with Crippen LogP contribution in [0.25, 0.3) is 0 Å².